The predicted octanol–water partition coefficient (Wildman–Crippen LogP) is -0.385. The number of rotatable bonds is 78. The van der Waals surface area contributed by atoms with Gasteiger partial charge in [-0.3, -0.25) is 38.7 Å². The van der Waals surface area contributed by atoms with Gasteiger partial charge in [0.15, 0.2) is 46.0 Å². The quantitative estimate of drug-likeness (QED) is 0.00949. The summed E-state index contributed by atoms with van der Waals surface area (Å²) in [6.07, 6.45) is -0.966. The van der Waals surface area contributed by atoms with Crippen LogP contribution in [0.5, 0.6) is 69.0 Å². The van der Waals surface area contributed by atoms with Crippen LogP contribution in [0.1, 0.15) is 137 Å². The second-order valence-electron chi connectivity index (χ2n) is 36.0. The number of benzene rings is 5. The largest absolute Gasteiger partial charge is 1.00 e. The second-order valence-corrected chi connectivity index (χ2v) is 36.0. The van der Waals surface area contributed by atoms with E-state index in [0.717, 1.165) is 9.80 Å². The molecule has 0 saturated carbocycles. The summed E-state index contributed by atoms with van der Waals surface area (Å²) >= 11 is 0. The Hall–Kier alpha value is -9.62. The minimum Gasteiger partial charge on any atom is -0.549 e. The van der Waals surface area contributed by atoms with Crippen LogP contribution in [0.2, 0.25) is 0 Å². The molecular weight excluding hydrogens is 1990 g/mol. The van der Waals surface area contributed by atoms with E-state index in [1.165, 1.54) is 71.6 Å². The summed E-state index contributed by atoms with van der Waals surface area (Å²) < 4.78 is 126. The summed E-state index contributed by atoms with van der Waals surface area (Å²) in [5.41, 5.74) is 0.548. The molecule has 6 N–H and O–H groups in total. The molecule has 5 rings (SSSR count). The normalized spacial score (nSPS) is 11.6. The Bertz CT molecular complexity index is 4270. The van der Waals surface area contributed by atoms with Crippen molar-refractivity contribution < 1.29 is 233 Å². The summed E-state index contributed by atoms with van der Waals surface area (Å²) in [7, 11) is 0. The standard InChI is InChI=1S/C99H147N5O38.Na.Tc/c1-96(2,3)137-49-41-126-33-29-122-37-45-130-81-57-73(58-82(131-46-38-123-30-34-127-42-50-138-97(4,5)6)94(81)141-91(119)19-17-85(109)100-23-21-70-13-15-77(105)79(107)55-70)67-134-75-53-72(69-136-93(121)66-104(65-90(117)118)28-26-102(62-87(111)112)25-27-103(63-88(113)114)64-89(115)116)54-76(61-75)135-68-74-59-83(132-47-39-124-31-35-128-43-51-139-98(7,8)9)95(84(60-74)133-48-40-125-32-36-129-44-52-140-99(10,11)12)142-92(120)20-18-86(110)101-24-22-71-14-16-78(106)80(108)56-71;;/h13-16,53-61,105-108H,17-52,62-69H2,1-12H3,(H,100,109)(H,101,110)(H,111,112)(H,113,114)(H,115,116)(H,117,118);;/q;+1;/p-4/i;;1+1. The number of carboxylic acids is 4. The van der Waals surface area contributed by atoms with Gasteiger partial charge in [0.1, 0.15) is 57.7 Å². The first kappa shape index (κ1) is 129. The van der Waals surface area contributed by atoms with Crippen LogP contribution in [-0.4, -0.2) is 342 Å². The van der Waals surface area contributed by atoms with Crippen LogP contribution in [-0.2, 0) is 157 Å². The number of ether oxygens (including phenoxy) is 21. The van der Waals surface area contributed by atoms with Crippen molar-refractivity contribution in [2.24, 2.45) is 0 Å². The number of amides is 2. The minimum atomic E-state index is -1.65. The molecule has 0 aromatic heterocycles. The molecule has 43 nitrogen and oxygen atoms in total. The summed E-state index contributed by atoms with van der Waals surface area (Å²) in [4.78, 5) is 119. The van der Waals surface area contributed by atoms with E-state index in [0.29, 0.717) is 75.1 Å². The average molecular weight is 2130 g/mol. The van der Waals surface area contributed by atoms with E-state index in [4.69, 9.17) is 99.5 Å². The molecule has 144 heavy (non-hydrogen) atoms. The van der Waals surface area contributed by atoms with E-state index < -0.39 is 106 Å². The van der Waals surface area contributed by atoms with Crippen molar-refractivity contribution in [2.75, 3.05) is 231 Å². The van der Waals surface area contributed by atoms with Crippen LogP contribution in [0.4, 0.5) is 0 Å². The van der Waals surface area contributed by atoms with Gasteiger partial charge in [0.05, 0.1) is 198 Å². The molecule has 45 heteroatoms. The fourth-order valence-corrected chi connectivity index (χ4v) is 12.5. The molecule has 0 saturated heterocycles. The van der Waals surface area contributed by atoms with Crippen LogP contribution in [0.15, 0.2) is 78.9 Å². The number of phenolic OH excluding ortho intramolecular Hbond substituents is 4. The molecule has 2 amide bonds. The van der Waals surface area contributed by atoms with Gasteiger partial charge in [-0.1, -0.05) is 12.1 Å². The molecule has 0 spiro atoms. The van der Waals surface area contributed by atoms with Gasteiger partial charge in [-0.05, 0) is 184 Å². The van der Waals surface area contributed by atoms with Crippen molar-refractivity contribution in [2.45, 2.75) is 164 Å². The van der Waals surface area contributed by atoms with Gasteiger partial charge in [0, 0.05) is 104 Å². The Balaban J connectivity index is 0.0000266. The summed E-state index contributed by atoms with van der Waals surface area (Å²) in [5.74, 6) is -12.1. The SMILES string of the molecule is CC(C)(C)OCCOCCOCCOc1cc(COc2cc(COC(=O)CN(CCN(CCN(CC(=O)[O-])CC(=O)[O-])CC(=O)[O-])CC(=O)[O-])cc(OCc3cc(OCCOCCOCCOC(C)(C)C)c(OC(=O)CCC(=O)NCCc4ccc(O)c(O)c4)c(OCCOCCOCCOC(C)(C)C)c3)c2)cc(OCCOCCOCCOC(C)(C)C)c1OC(=O)CCC(=O)NCCc1ccc(O)c(O)c1.[99Tc].[Na+]. The Morgan fingerprint density at radius 2 is 0.569 bits per heavy atom. The molecule has 0 aliphatic heterocycles. The number of nitrogens with one attached hydrogen (secondary N) is 2. The molecular formula is C99H143N5NaO38Tc-3. The van der Waals surface area contributed by atoms with Gasteiger partial charge in [0.25, 0.3) is 0 Å². The first-order valence-corrected chi connectivity index (χ1v) is 46.9. The minimum absolute atomic E-state index is 0. The number of carboxylic acid groups (broad SMARTS) is 4. The topological polar surface area (TPSA) is 554 Å². The Labute approximate surface area is 876 Å². The number of aromatic hydroxyl groups is 4. The molecule has 0 heterocycles. The van der Waals surface area contributed by atoms with Crippen molar-refractivity contribution >= 4 is 53.6 Å². The monoisotopic (exact) mass is 2130 g/mol. The number of esters is 3. The molecule has 0 atom stereocenters. The number of phenols is 4. The van der Waals surface area contributed by atoms with Crippen LogP contribution in [0.25, 0.3) is 0 Å². The van der Waals surface area contributed by atoms with E-state index in [1.807, 2.05) is 83.1 Å². The molecule has 5 aromatic carbocycles. The third-order valence-corrected chi connectivity index (χ3v) is 19.1. The smallest absolute Gasteiger partial charge is 0.549 e. The van der Waals surface area contributed by atoms with Crippen molar-refractivity contribution in [3.8, 4) is 69.0 Å². The van der Waals surface area contributed by atoms with Crippen LogP contribution < -0.4 is 98.5 Å². The van der Waals surface area contributed by atoms with Crippen LogP contribution in [0.3, 0.4) is 0 Å². The van der Waals surface area contributed by atoms with Gasteiger partial charge in [0.2, 0.25) is 23.3 Å². The van der Waals surface area contributed by atoms with Gasteiger partial charge < -0.3 is 170 Å². The molecule has 803 valence electrons. The third-order valence-electron chi connectivity index (χ3n) is 19.1. The number of hydrogen-bond donors (Lipinski definition) is 6. The number of hydrogen-bond acceptors (Lipinski definition) is 41. The number of carbonyl (C=O) groups excluding carboxylic acids is 9. The zero-order chi connectivity index (χ0) is 104. The zero-order valence-corrected chi connectivity index (χ0v) is 88.9. The number of nitrogens with zero attached hydrogens (tertiary/aromatic N) is 3. The van der Waals surface area contributed by atoms with E-state index >= 15 is 0 Å². The zero-order valence-electron chi connectivity index (χ0n) is 85.0. The Morgan fingerprint density at radius 3 is 0.861 bits per heavy atom. The first-order valence-electron chi connectivity index (χ1n) is 46.9. The van der Waals surface area contributed by atoms with Crippen molar-refractivity contribution in [3.63, 3.8) is 0 Å². The van der Waals surface area contributed by atoms with Gasteiger partial charge in [-0.15, -0.1) is 0 Å². The molecule has 1 radical (unpaired) electrons. The number of aliphatic carboxylic acids is 4. The second kappa shape index (κ2) is 71.0. The van der Waals surface area contributed by atoms with Crippen LogP contribution >= 0.6 is 0 Å². The Kier molecular flexibility index (Phi) is 63.4. The molecule has 0 fully saturated rings. The predicted molar refractivity (Wildman–Crippen MR) is 501 cm³/mol. The molecule has 0 bridgehead atoms. The molecule has 0 unspecified atom stereocenters. The maximum atomic E-state index is 14.1. The first-order chi connectivity index (χ1) is 67.4. The van der Waals surface area contributed by atoms with E-state index in [2.05, 4.69) is 10.6 Å². The molecule has 0 aliphatic carbocycles. The van der Waals surface area contributed by atoms with Gasteiger partial charge >= 0.3 is 47.5 Å². The van der Waals surface area contributed by atoms with E-state index in [9.17, 15) is 84.0 Å². The average Bonchev–Trinajstić information content (AvgIpc) is 0.814. The van der Waals surface area contributed by atoms with Crippen molar-refractivity contribution in [3.05, 3.63) is 107 Å². The van der Waals surface area contributed by atoms with E-state index in [1.54, 1.807) is 12.1 Å². The molecule has 5 aromatic rings. The van der Waals surface area contributed by atoms with Crippen LogP contribution in [0, 0.1) is 0 Å². The van der Waals surface area contributed by atoms with Gasteiger partial charge in [-0.25, -0.2) is 0 Å². The third kappa shape index (κ3) is 62.4. The fraction of sp³-hybridized carbons (Fsp3) is 0.606. The maximum absolute atomic E-state index is 14.1. The summed E-state index contributed by atoms with van der Waals surface area (Å²) in [5, 5.41) is 92.3. The molecule has 0 aliphatic rings. The van der Waals surface area contributed by atoms with Gasteiger partial charge in [-0.2, -0.15) is 0 Å². The summed E-state index contributed by atoms with van der Waals surface area (Å²) in [6, 6.07) is 19.0. The maximum Gasteiger partial charge on any atom is 1.00 e. The Morgan fingerprint density at radius 1 is 0.299 bits per heavy atom. The summed E-state index contributed by atoms with van der Waals surface area (Å²) in [6.45, 7) is 20.1. The van der Waals surface area contributed by atoms with E-state index in [-0.39, 0.29) is 331 Å². The van der Waals surface area contributed by atoms with Crippen molar-refractivity contribution in [1.82, 2.24) is 25.3 Å². The fourth-order valence-electron chi connectivity index (χ4n) is 12.5. The number of carbonyl (C=O) groups is 9. The van der Waals surface area contributed by atoms with Crippen molar-refractivity contribution in [1.29, 1.82) is 0 Å².